The summed E-state index contributed by atoms with van der Waals surface area (Å²) in [4.78, 5) is 2.48. The lowest BCUT2D eigenvalue weighted by Gasteiger charge is -2.20. The molecule has 2 heteroatoms. The summed E-state index contributed by atoms with van der Waals surface area (Å²) in [5.74, 6) is 0. The first-order chi connectivity index (χ1) is 7.88. The van der Waals surface area contributed by atoms with Crippen LogP contribution in [0.5, 0.6) is 0 Å². The summed E-state index contributed by atoms with van der Waals surface area (Å²) in [7, 11) is 0. The molecule has 0 aromatic carbocycles. The van der Waals surface area contributed by atoms with Gasteiger partial charge < -0.3 is 5.11 Å². The van der Waals surface area contributed by atoms with Crippen molar-refractivity contribution in [2.45, 2.75) is 70.8 Å². The van der Waals surface area contributed by atoms with Crippen LogP contribution in [0.2, 0.25) is 0 Å². The van der Waals surface area contributed by atoms with Crippen molar-refractivity contribution in [3.05, 3.63) is 0 Å². The molecule has 0 aromatic heterocycles. The second kappa shape index (κ2) is 9.00. The molecule has 96 valence electrons. The monoisotopic (exact) mass is 227 g/mol. The van der Waals surface area contributed by atoms with E-state index in [4.69, 9.17) is 5.11 Å². The van der Waals surface area contributed by atoms with E-state index in [1.165, 1.54) is 64.3 Å². The average Bonchev–Trinajstić information content (AvgIpc) is 3.10. The lowest BCUT2D eigenvalue weighted by atomic mass is 10.1. The molecule has 0 saturated heterocycles. The highest BCUT2D eigenvalue weighted by Gasteiger charge is 2.27. The van der Waals surface area contributed by atoms with Crippen molar-refractivity contribution in [3.63, 3.8) is 0 Å². The van der Waals surface area contributed by atoms with Gasteiger partial charge in [-0.2, -0.15) is 0 Å². The Labute approximate surface area is 101 Å². The summed E-state index contributed by atoms with van der Waals surface area (Å²) in [6.45, 7) is 4.69. The van der Waals surface area contributed by atoms with Gasteiger partial charge in [-0.05, 0) is 25.8 Å². The van der Waals surface area contributed by atoms with Gasteiger partial charge in [0.2, 0.25) is 0 Å². The molecule has 1 fully saturated rings. The maximum Gasteiger partial charge on any atom is 0.0558 e. The molecule has 1 aliphatic rings. The molecule has 0 spiro atoms. The Morgan fingerprint density at radius 3 is 2.12 bits per heavy atom. The van der Waals surface area contributed by atoms with Crippen molar-refractivity contribution in [1.29, 1.82) is 0 Å². The highest BCUT2D eigenvalue weighted by molar-refractivity contribution is 4.84. The standard InChI is InChI=1S/C14H29NO/c1-2-3-4-5-6-7-8-11-15(12-13-16)14-9-10-14/h14,16H,2-13H2,1H3. The molecule has 2 nitrogen and oxygen atoms in total. The van der Waals surface area contributed by atoms with Gasteiger partial charge in [0.15, 0.2) is 0 Å². The lowest BCUT2D eigenvalue weighted by molar-refractivity contribution is 0.186. The smallest absolute Gasteiger partial charge is 0.0558 e. The third-order valence-corrected chi connectivity index (χ3v) is 3.50. The van der Waals surface area contributed by atoms with E-state index >= 15 is 0 Å². The highest BCUT2D eigenvalue weighted by Crippen LogP contribution is 2.26. The Morgan fingerprint density at radius 2 is 1.56 bits per heavy atom. The van der Waals surface area contributed by atoms with Crippen molar-refractivity contribution in [1.82, 2.24) is 4.90 Å². The van der Waals surface area contributed by atoms with Crippen LogP contribution < -0.4 is 0 Å². The van der Waals surface area contributed by atoms with Gasteiger partial charge in [0.25, 0.3) is 0 Å². The minimum Gasteiger partial charge on any atom is -0.395 e. The van der Waals surface area contributed by atoms with Crippen LogP contribution in [0.4, 0.5) is 0 Å². The quantitative estimate of drug-likeness (QED) is 0.548. The van der Waals surface area contributed by atoms with Crippen molar-refractivity contribution < 1.29 is 5.11 Å². The molecule has 0 radical (unpaired) electrons. The van der Waals surface area contributed by atoms with E-state index in [0.717, 1.165) is 12.6 Å². The van der Waals surface area contributed by atoms with E-state index in [9.17, 15) is 0 Å². The lowest BCUT2D eigenvalue weighted by Crippen LogP contribution is -2.30. The van der Waals surface area contributed by atoms with Crippen LogP contribution in [-0.2, 0) is 0 Å². The molecule has 0 amide bonds. The number of hydrogen-bond donors (Lipinski definition) is 1. The van der Waals surface area contributed by atoms with E-state index in [0.29, 0.717) is 6.61 Å². The van der Waals surface area contributed by atoms with E-state index in [1.807, 2.05) is 0 Å². The SMILES string of the molecule is CCCCCCCCCN(CCO)C1CC1. The fourth-order valence-corrected chi connectivity index (χ4v) is 2.32. The number of nitrogens with zero attached hydrogens (tertiary/aromatic N) is 1. The van der Waals surface area contributed by atoms with Crippen LogP contribution in [0.1, 0.15) is 64.7 Å². The van der Waals surface area contributed by atoms with E-state index in [-0.39, 0.29) is 0 Å². The van der Waals surface area contributed by atoms with Crippen molar-refractivity contribution >= 4 is 0 Å². The largest absolute Gasteiger partial charge is 0.395 e. The third-order valence-electron chi connectivity index (χ3n) is 3.50. The summed E-state index contributed by atoms with van der Waals surface area (Å²) in [5.41, 5.74) is 0. The number of hydrogen-bond acceptors (Lipinski definition) is 2. The molecule has 0 atom stereocenters. The molecule has 0 aromatic rings. The van der Waals surface area contributed by atoms with Gasteiger partial charge in [-0.15, -0.1) is 0 Å². The molecule has 0 unspecified atom stereocenters. The summed E-state index contributed by atoms with van der Waals surface area (Å²) in [6.07, 6.45) is 12.4. The number of rotatable bonds is 11. The van der Waals surface area contributed by atoms with Crippen LogP contribution in [0.15, 0.2) is 0 Å². The maximum absolute atomic E-state index is 8.97. The van der Waals surface area contributed by atoms with Gasteiger partial charge in [-0.1, -0.05) is 45.4 Å². The molecule has 0 aliphatic heterocycles. The van der Waals surface area contributed by atoms with Gasteiger partial charge in [-0.3, -0.25) is 4.90 Å². The van der Waals surface area contributed by atoms with E-state index in [1.54, 1.807) is 0 Å². The van der Waals surface area contributed by atoms with Gasteiger partial charge in [0, 0.05) is 12.6 Å². The second-order valence-corrected chi connectivity index (χ2v) is 5.11. The molecular weight excluding hydrogens is 198 g/mol. The van der Waals surface area contributed by atoms with Crippen molar-refractivity contribution in [2.24, 2.45) is 0 Å². The summed E-state index contributed by atoms with van der Waals surface area (Å²) in [5, 5.41) is 8.97. The first kappa shape index (κ1) is 14.0. The minimum atomic E-state index is 0.326. The number of aliphatic hydroxyl groups is 1. The predicted octanol–water partition coefficient (Wildman–Crippen LogP) is 3.19. The highest BCUT2D eigenvalue weighted by atomic mass is 16.3. The first-order valence-electron chi connectivity index (χ1n) is 7.23. The second-order valence-electron chi connectivity index (χ2n) is 5.11. The predicted molar refractivity (Wildman–Crippen MR) is 69.7 cm³/mol. The molecule has 1 aliphatic carbocycles. The van der Waals surface area contributed by atoms with E-state index in [2.05, 4.69) is 11.8 Å². The van der Waals surface area contributed by atoms with Gasteiger partial charge in [0.1, 0.15) is 0 Å². The normalized spacial score (nSPS) is 15.9. The third kappa shape index (κ3) is 6.49. The minimum absolute atomic E-state index is 0.326. The molecule has 0 heterocycles. The molecule has 1 saturated carbocycles. The van der Waals surface area contributed by atoms with Crippen molar-refractivity contribution in [2.75, 3.05) is 19.7 Å². The molecular formula is C14H29NO. The zero-order valence-corrected chi connectivity index (χ0v) is 11.0. The van der Waals surface area contributed by atoms with Crippen LogP contribution in [0.3, 0.4) is 0 Å². The van der Waals surface area contributed by atoms with Gasteiger partial charge >= 0.3 is 0 Å². The topological polar surface area (TPSA) is 23.5 Å². The Bertz CT molecular complexity index is 157. The van der Waals surface area contributed by atoms with Crippen molar-refractivity contribution in [3.8, 4) is 0 Å². The molecule has 1 N–H and O–H groups in total. The molecule has 16 heavy (non-hydrogen) atoms. The first-order valence-corrected chi connectivity index (χ1v) is 7.23. The summed E-state index contributed by atoms with van der Waals surface area (Å²) >= 11 is 0. The Morgan fingerprint density at radius 1 is 0.938 bits per heavy atom. The van der Waals surface area contributed by atoms with Crippen LogP contribution >= 0.6 is 0 Å². The Balaban J connectivity index is 1.88. The number of aliphatic hydroxyl groups excluding tert-OH is 1. The van der Waals surface area contributed by atoms with Gasteiger partial charge in [0.05, 0.1) is 6.61 Å². The molecule has 0 bridgehead atoms. The van der Waals surface area contributed by atoms with Crippen LogP contribution in [-0.4, -0.2) is 35.7 Å². The fraction of sp³-hybridized carbons (Fsp3) is 1.00. The van der Waals surface area contributed by atoms with Gasteiger partial charge in [-0.25, -0.2) is 0 Å². The van der Waals surface area contributed by atoms with Crippen LogP contribution in [0, 0.1) is 0 Å². The van der Waals surface area contributed by atoms with E-state index < -0.39 is 0 Å². The number of unbranched alkanes of at least 4 members (excludes halogenated alkanes) is 6. The summed E-state index contributed by atoms with van der Waals surface area (Å²) < 4.78 is 0. The molecule has 1 rings (SSSR count). The Kier molecular flexibility index (Phi) is 7.87. The Hall–Kier alpha value is -0.0800. The van der Waals surface area contributed by atoms with Crippen LogP contribution in [0.25, 0.3) is 0 Å². The zero-order valence-electron chi connectivity index (χ0n) is 11.0. The zero-order chi connectivity index (χ0) is 11.6. The average molecular weight is 227 g/mol. The summed E-state index contributed by atoms with van der Waals surface area (Å²) in [6, 6.07) is 0.812. The fourth-order valence-electron chi connectivity index (χ4n) is 2.32. The maximum atomic E-state index is 8.97.